The standard InChI is InChI=1S/C15H16N4O3S2/c1-9-8-23-15(17-9)24-13-3-2-10(6-12(13)19(21)22)14(20)18-5-4-11(16)7-18/h2-3,6,8,11H,4-5,7,16H2,1H3/t11-/m1/s1. The Bertz CT molecular complexity index is 793. The Morgan fingerprint density at radius 1 is 1.54 bits per heavy atom. The summed E-state index contributed by atoms with van der Waals surface area (Å²) in [5.41, 5.74) is 6.93. The first-order valence-electron chi connectivity index (χ1n) is 7.37. The van der Waals surface area contributed by atoms with Gasteiger partial charge in [0.1, 0.15) is 0 Å². The number of carbonyl (C=O) groups excluding carboxylic acids is 1. The van der Waals surface area contributed by atoms with Crippen LogP contribution < -0.4 is 5.73 Å². The molecule has 0 radical (unpaired) electrons. The highest BCUT2D eigenvalue weighted by molar-refractivity contribution is 8.01. The molecule has 1 amide bonds. The Hall–Kier alpha value is -1.97. The molecule has 0 saturated carbocycles. The van der Waals surface area contributed by atoms with E-state index in [1.165, 1.54) is 29.2 Å². The smallest absolute Gasteiger partial charge is 0.284 e. The normalized spacial score (nSPS) is 17.2. The minimum Gasteiger partial charge on any atom is -0.337 e. The van der Waals surface area contributed by atoms with Crippen molar-refractivity contribution in [2.45, 2.75) is 28.6 Å². The van der Waals surface area contributed by atoms with Crippen LogP contribution in [0.2, 0.25) is 0 Å². The van der Waals surface area contributed by atoms with Gasteiger partial charge in [0.15, 0.2) is 4.34 Å². The molecule has 0 aliphatic carbocycles. The van der Waals surface area contributed by atoms with Crippen LogP contribution in [0.1, 0.15) is 22.5 Å². The van der Waals surface area contributed by atoms with Crippen LogP contribution in [0.4, 0.5) is 5.69 Å². The number of nitro benzene ring substituents is 1. The van der Waals surface area contributed by atoms with Crippen molar-refractivity contribution in [3.05, 3.63) is 45.0 Å². The summed E-state index contributed by atoms with van der Waals surface area (Å²) < 4.78 is 0.736. The Kier molecular flexibility index (Phi) is 4.83. The van der Waals surface area contributed by atoms with E-state index < -0.39 is 4.92 Å². The van der Waals surface area contributed by atoms with Crippen molar-refractivity contribution in [1.82, 2.24) is 9.88 Å². The predicted octanol–water partition coefficient (Wildman–Crippen LogP) is 2.68. The van der Waals surface area contributed by atoms with Crippen molar-refractivity contribution in [3.63, 3.8) is 0 Å². The van der Waals surface area contributed by atoms with Gasteiger partial charge in [0.2, 0.25) is 0 Å². The summed E-state index contributed by atoms with van der Waals surface area (Å²) in [6, 6.07) is 4.56. The van der Waals surface area contributed by atoms with E-state index in [4.69, 9.17) is 5.73 Å². The first-order chi connectivity index (χ1) is 11.4. The molecular weight excluding hydrogens is 348 g/mol. The Balaban J connectivity index is 1.87. The first kappa shape index (κ1) is 16.9. The molecule has 1 aromatic heterocycles. The summed E-state index contributed by atoms with van der Waals surface area (Å²) >= 11 is 2.67. The molecule has 1 atom stereocenters. The highest BCUT2D eigenvalue weighted by Gasteiger charge is 2.26. The van der Waals surface area contributed by atoms with Gasteiger partial charge in [-0.05, 0) is 25.5 Å². The zero-order chi connectivity index (χ0) is 17.3. The molecule has 9 heteroatoms. The summed E-state index contributed by atoms with van der Waals surface area (Å²) in [6.45, 7) is 2.95. The lowest BCUT2D eigenvalue weighted by atomic mass is 10.2. The Morgan fingerprint density at radius 2 is 2.33 bits per heavy atom. The van der Waals surface area contributed by atoms with E-state index in [0.29, 0.717) is 23.5 Å². The van der Waals surface area contributed by atoms with Crippen LogP contribution in [0.15, 0.2) is 32.8 Å². The quantitative estimate of drug-likeness (QED) is 0.661. The number of aryl methyl sites for hydroxylation is 1. The first-order valence-corrected chi connectivity index (χ1v) is 9.07. The largest absolute Gasteiger partial charge is 0.337 e. The number of nitrogens with two attached hydrogens (primary N) is 1. The van der Waals surface area contributed by atoms with Gasteiger partial charge >= 0.3 is 0 Å². The van der Waals surface area contributed by atoms with E-state index in [0.717, 1.165) is 16.5 Å². The molecule has 1 aromatic carbocycles. The van der Waals surface area contributed by atoms with Crippen molar-refractivity contribution in [2.75, 3.05) is 13.1 Å². The molecule has 24 heavy (non-hydrogen) atoms. The minimum absolute atomic E-state index is 0.0214. The van der Waals surface area contributed by atoms with E-state index >= 15 is 0 Å². The molecule has 1 saturated heterocycles. The van der Waals surface area contributed by atoms with Crippen LogP contribution in [0, 0.1) is 17.0 Å². The number of aromatic nitrogens is 1. The van der Waals surface area contributed by atoms with Gasteiger partial charge in [-0.3, -0.25) is 14.9 Å². The van der Waals surface area contributed by atoms with Crippen LogP contribution >= 0.6 is 23.1 Å². The molecule has 7 nitrogen and oxygen atoms in total. The second-order valence-electron chi connectivity index (χ2n) is 5.60. The predicted molar refractivity (Wildman–Crippen MR) is 92.6 cm³/mol. The van der Waals surface area contributed by atoms with Crippen molar-refractivity contribution >= 4 is 34.7 Å². The highest BCUT2D eigenvalue weighted by Crippen LogP contribution is 2.37. The van der Waals surface area contributed by atoms with Gasteiger partial charge in [0, 0.05) is 41.8 Å². The zero-order valence-electron chi connectivity index (χ0n) is 13.0. The zero-order valence-corrected chi connectivity index (χ0v) is 14.6. The van der Waals surface area contributed by atoms with E-state index in [-0.39, 0.29) is 17.6 Å². The average molecular weight is 364 g/mol. The van der Waals surface area contributed by atoms with E-state index in [2.05, 4.69) is 4.98 Å². The Labute approximate surface area is 147 Å². The fourth-order valence-electron chi connectivity index (χ4n) is 2.51. The van der Waals surface area contributed by atoms with Crippen LogP contribution in [-0.2, 0) is 0 Å². The molecular formula is C15H16N4O3S2. The van der Waals surface area contributed by atoms with Gasteiger partial charge in [-0.25, -0.2) is 4.98 Å². The van der Waals surface area contributed by atoms with Crippen molar-refractivity contribution in [3.8, 4) is 0 Å². The van der Waals surface area contributed by atoms with Gasteiger partial charge in [0.25, 0.3) is 11.6 Å². The highest BCUT2D eigenvalue weighted by atomic mass is 32.2. The maximum atomic E-state index is 12.5. The average Bonchev–Trinajstić information content (AvgIpc) is 3.15. The monoisotopic (exact) mass is 364 g/mol. The molecule has 2 N–H and O–H groups in total. The number of thiazole rings is 1. The second kappa shape index (κ2) is 6.88. The summed E-state index contributed by atoms with van der Waals surface area (Å²) in [7, 11) is 0. The molecule has 0 unspecified atom stereocenters. The molecule has 3 rings (SSSR count). The molecule has 0 spiro atoms. The number of likely N-dealkylation sites (tertiary alicyclic amines) is 1. The fraction of sp³-hybridized carbons (Fsp3) is 0.333. The number of nitrogens with zero attached hydrogens (tertiary/aromatic N) is 3. The number of nitro groups is 1. The fourth-order valence-corrected chi connectivity index (χ4v) is 4.39. The van der Waals surface area contributed by atoms with Gasteiger partial charge in [-0.2, -0.15) is 0 Å². The summed E-state index contributed by atoms with van der Waals surface area (Å²) in [6.07, 6.45) is 0.755. The maximum Gasteiger partial charge on any atom is 0.284 e. The minimum atomic E-state index is -0.463. The SMILES string of the molecule is Cc1csc(Sc2ccc(C(=O)N3CC[C@@H](N)C3)cc2[N+](=O)[O-])n1. The number of benzene rings is 1. The Morgan fingerprint density at radius 3 is 2.92 bits per heavy atom. The third-order valence-corrected chi connectivity index (χ3v) is 5.83. The van der Waals surface area contributed by atoms with Crippen molar-refractivity contribution in [1.29, 1.82) is 0 Å². The lowest BCUT2D eigenvalue weighted by Gasteiger charge is -2.15. The second-order valence-corrected chi connectivity index (χ2v) is 7.74. The number of hydrogen-bond donors (Lipinski definition) is 1. The molecule has 2 heterocycles. The molecule has 1 aliphatic heterocycles. The maximum absolute atomic E-state index is 12.5. The molecule has 1 aliphatic rings. The number of rotatable bonds is 4. The van der Waals surface area contributed by atoms with Crippen LogP contribution in [0.25, 0.3) is 0 Å². The van der Waals surface area contributed by atoms with Gasteiger partial charge in [-0.15, -0.1) is 11.3 Å². The molecule has 126 valence electrons. The van der Waals surface area contributed by atoms with Crippen LogP contribution in [0.5, 0.6) is 0 Å². The van der Waals surface area contributed by atoms with Crippen molar-refractivity contribution in [2.24, 2.45) is 5.73 Å². The number of carbonyl (C=O) groups is 1. The topological polar surface area (TPSA) is 102 Å². The van der Waals surface area contributed by atoms with Gasteiger partial charge < -0.3 is 10.6 Å². The van der Waals surface area contributed by atoms with Crippen LogP contribution in [-0.4, -0.2) is 39.8 Å². The lowest BCUT2D eigenvalue weighted by Crippen LogP contribution is -2.31. The van der Waals surface area contributed by atoms with E-state index in [1.807, 2.05) is 12.3 Å². The number of amides is 1. The van der Waals surface area contributed by atoms with Gasteiger partial charge in [-0.1, -0.05) is 11.8 Å². The third-order valence-electron chi connectivity index (χ3n) is 3.71. The molecule has 1 fully saturated rings. The number of hydrogen-bond acceptors (Lipinski definition) is 7. The summed E-state index contributed by atoms with van der Waals surface area (Å²) in [5.74, 6) is -0.215. The third kappa shape index (κ3) is 3.58. The van der Waals surface area contributed by atoms with Crippen LogP contribution in [0.3, 0.4) is 0 Å². The summed E-state index contributed by atoms with van der Waals surface area (Å²) in [4.78, 5) is 29.8. The van der Waals surface area contributed by atoms with E-state index in [9.17, 15) is 14.9 Å². The van der Waals surface area contributed by atoms with E-state index in [1.54, 1.807) is 17.0 Å². The molecule has 2 aromatic rings. The summed E-state index contributed by atoms with van der Waals surface area (Å²) in [5, 5.41) is 13.3. The molecule has 0 bridgehead atoms. The van der Waals surface area contributed by atoms with Gasteiger partial charge in [0.05, 0.1) is 9.82 Å². The van der Waals surface area contributed by atoms with Crippen molar-refractivity contribution < 1.29 is 9.72 Å². The lowest BCUT2D eigenvalue weighted by molar-refractivity contribution is -0.387.